The van der Waals surface area contributed by atoms with E-state index in [-0.39, 0.29) is 5.78 Å². The van der Waals surface area contributed by atoms with E-state index in [0.29, 0.717) is 5.69 Å². The van der Waals surface area contributed by atoms with Crippen LogP contribution < -0.4 is 5.32 Å². The molecule has 2 rings (SSSR count). The fourth-order valence-electron chi connectivity index (χ4n) is 1.46. The van der Waals surface area contributed by atoms with Crippen molar-refractivity contribution < 1.29 is 4.79 Å². The van der Waals surface area contributed by atoms with E-state index in [2.05, 4.69) is 10.3 Å². The lowest BCUT2D eigenvalue weighted by Gasteiger charge is -2.16. The van der Waals surface area contributed by atoms with Gasteiger partial charge in [-0.25, -0.2) is 4.98 Å². The van der Waals surface area contributed by atoms with Crippen molar-refractivity contribution in [1.29, 1.82) is 0 Å². The zero-order valence-electron chi connectivity index (χ0n) is 7.00. The van der Waals surface area contributed by atoms with Gasteiger partial charge in [0.1, 0.15) is 5.69 Å². The summed E-state index contributed by atoms with van der Waals surface area (Å²) in [6, 6.07) is 0. The SMILES string of the molecule is CC(=O)c1cnc2n1CCCN2. The third-order valence-electron chi connectivity index (χ3n) is 2.06. The van der Waals surface area contributed by atoms with E-state index in [1.165, 1.54) is 0 Å². The number of ketones is 1. The van der Waals surface area contributed by atoms with E-state index in [1.54, 1.807) is 13.1 Å². The summed E-state index contributed by atoms with van der Waals surface area (Å²) in [6.45, 7) is 3.42. The Hall–Kier alpha value is -1.32. The maximum Gasteiger partial charge on any atom is 0.203 e. The maximum atomic E-state index is 11.1. The van der Waals surface area contributed by atoms with Crippen molar-refractivity contribution in [2.45, 2.75) is 19.9 Å². The monoisotopic (exact) mass is 165 g/mol. The largest absolute Gasteiger partial charge is 0.356 e. The van der Waals surface area contributed by atoms with Crippen LogP contribution >= 0.6 is 0 Å². The minimum Gasteiger partial charge on any atom is -0.356 e. The molecule has 0 aromatic carbocycles. The van der Waals surface area contributed by atoms with Crippen molar-refractivity contribution in [3.8, 4) is 0 Å². The van der Waals surface area contributed by atoms with Crippen LogP contribution in [0, 0.1) is 0 Å². The van der Waals surface area contributed by atoms with Gasteiger partial charge in [0.05, 0.1) is 6.20 Å². The molecule has 64 valence electrons. The van der Waals surface area contributed by atoms with Crippen LogP contribution in [0.1, 0.15) is 23.8 Å². The third kappa shape index (κ3) is 0.995. The Morgan fingerprint density at radius 2 is 2.58 bits per heavy atom. The predicted molar refractivity (Wildman–Crippen MR) is 45.3 cm³/mol. The predicted octanol–water partition coefficient (Wildman–Crippen LogP) is 0.901. The number of carbonyl (C=O) groups is 1. The number of hydrogen-bond acceptors (Lipinski definition) is 3. The molecule has 1 aromatic rings. The van der Waals surface area contributed by atoms with Gasteiger partial charge in [0.2, 0.25) is 5.95 Å². The fourth-order valence-corrected chi connectivity index (χ4v) is 1.46. The summed E-state index contributed by atoms with van der Waals surface area (Å²) in [6.07, 6.45) is 2.69. The van der Waals surface area contributed by atoms with Crippen molar-refractivity contribution in [2.75, 3.05) is 11.9 Å². The van der Waals surface area contributed by atoms with E-state index in [9.17, 15) is 4.79 Å². The molecule has 0 amide bonds. The second-order valence-corrected chi connectivity index (χ2v) is 2.96. The minimum absolute atomic E-state index is 0.0810. The van der Waals surface area contributed by atoms with Crippen LogP contribution in [0.3, 0.4) is 0 Å². The van der Waals surface area contributed by atoms with Crippen LogP contribution in [-0.2, 0) is 6.54 Å². The number of rotatable bonds is 1. The highest BCUT2D eigenvalue weighted by atomic mass is 16.1. The average Bonchev–Trinajstić information content (AvgIpc) is 2.47. The van der Waals surface area contributed by atoms with Crippen molar-refractivity contribution in [3.63, 3.8) is 0 Å². The first-order valence-corrected chi connectivity index (χ1v) is 4.09. The first-order valence-electron chi connectivity index (χ1n) is 4.09. The van der Waals surface area contributed by atoms with Gasteiger partial charge < -0.3 is 9.88 Å². The lowest BCUT2D eigenvalue weighted by atomic mass is 10.3. The van der Waals surface area contributed by atoms with Gasteiger partial charge in [-0.15, -0.1) is 0 Å². The first kappa shape index (κ1) is 7.34. The Morgan fingerprint density at radius 3 is 3.33 bits per heavy atom. The summed E-state index contributed by atoms with van der Waals surface area (Å²) in [7, 11) is 0. The molecular formula is C8H11N3O. The topological polar surface area (TPSA) is 46.9 Å². The van der Waals surface area contributed by atoms with Crippen LogP contribution in [0.2, 0.25) is 0 Å². The normalized spacial score (nSPS) is 15.1. The van der Waals surface area contributed by atoms with Crippen molar-refractivity contribution >= 4 is 11.7 Å². The maximum absolute atomic E-state index is 11.1. The quantitative estimate of drug-likeness (QED) is 0.629. The molecule has 0 fully saturated rings. The van der Waals surface area contributed by atoms with Gasteiger partial charge in [-0.2, -0.15) is 0 Å². The number of imidazole rings is 1. The first-order chi connectivity index (χ1) is 5.79. The molecule has 0 spiro atoms. The molecule has 0 saturated carbocycles. The lowest BCUT2D eigenvalue weighted by molar-refractivity contribution is 0.100. The van der Waals surface area contributed by atoms with Crippen molar-refractivity contribution in [3.05, 3.63) is 11.9 Å². The smallest absolute Gasteiger partial charge is 0.203 e. The number of nitrogens with one attached hydrogen (secondary N) is 1. The van der Waals surface area contributed by atoms with E-state index in [4.69, 9.17) is 0 Å². The Kier molecular flexibility index (Phi) is 1.60. The van der Waals surface area contributed by atoms with Gasteiger partial charge in [-0.05, 0) is 6.42 Å². The number of carbonyl (C=O) groups excluding carboxylic acids is 1. The van der Waals surface area contributed by atoms with Crippen LogP contribution in [0.25, 0.3) is 0 Å². The average molecular weight is 165 g/mol. The zero-order valence-corrected chi connectivity index (χ0v) is 7.00. The van der Waals surface area contributed by atoms with Gasteiger partial charge in [0.25, 0.3) is 0 Å². The summed E-state index contributed by atoms with van der Waals surface area (Å²) >= 11 is 0. The van der Waals surface area contributed by atoms with Crippen molar-refractivity contribution in [1.82, 2.24) is 9.55 Å². The number of hydrogen-bond donors (Lipinski definition) is 1. The lowest BCUT2D eigenvalue weighted by Crippen LogP contribution is -2.19. The molecule has 0 saturated heterocycles. The van der Waals surface area contributed by atoms with Crippen LogP contribution in [-0.4, -0.2) is 21.9 Å². The highest BCUT2D eigenvalue weighted by Gasteiger charge is 2.15. The van der Waals surface area contributed by atoms with E-state index in [0.717, 1.165) is 25.5 Å². The molecule has 1 aromatic heterocycles. The van der Waals surface area contributed by atoms with E-state index >= 15 is 0 Å². The summed E-state index contributed by atoms with van der Waals surface area (Å²) in [5.41, 5.74) is 0.706. The highest BCUT2D eigenvalue weighted by Crippen LogP contribution is 2.15. The molecule has 2 heterocycles. The molecule has 1 aliphatic rings. The Labute approximate surface area is 70.6 Å². The Morgan fingerprint density at radius 1 is 1.75 bits per heavy atom. The fraction of sp³-hybridized carbons (Fsp3) is 0.500. The number of aromatic nitrogens is 2. The molecule has 12 heavy (non-hydrogen) atoms. The summed E-state index contributed by atoms with van der Waals surface area (Å²) in [5, 5.41) is 3.14. The van der Waals surface area contributed by atoms with Crippen molar-refractivity contribution in [2.24, 2.45) is 0 Å². The molecule has 0 unspecified atom stereocenters. The number of Topliss-reactive ketones (excluding diaryl/α,β-unsaturated/α-hetero) is 1. The zero-order chi connectivity index (χ0) is 8.55. The van der Waals surface area contributed by atoms with Gasteiger partial charge in [0, 0.05) is 20.0 Å². The van der Waals surface area contributed by atoms with Gasteiger partial charge in [-0.3, -0.25) is 4.79 Å². The number of fused-ring (bicyclic) bond motifs is 1. The van der Waals surface area contributed by atoms with Gasteiger partial charge >= 0.3 is 0 Å². The molecule has 4 heteroatoms. The molecular weight excluding hydrogens is 154 g/mol. The standard InChI is InChI=1S/C8H11N3O/c1-6(12)7-5-10-8-9-3-2-4-11(7)8/h5H,2-4H2,1H3,(H,9,10). The molecule has 0 radical (unpaired) electrons. The Balaban J connectivity index is 2.44. The molecule has 0 atom stereocenters. The van der Waals surface area contributed by atoms with E-state index < -0.39 is 0 Å². The van der Waals surface area contributed by atoms with Crippen LogP contribution in [0.15, 0.2) is 6.20 Å². The van der Waals surface area contributed by atoms with Crippen LogP contribution in [0.5, 0.6) is 0 Å². The molecule has 0 bridgehead atoms. The minimum atomic E-state index is 0.0810. The number of nitrogens with zero attached hydrogens (tertiary/aromatic N) is 2. The summed E-state index contributed by atoms with van der Waals surface area (Å²) < 4.78 is 1.94. The second-order valence-electron chi connectivity index (χ2n) is 2.96. The summed E-state index contributed by atoms with van der Waals surface area (Å²) in [4.78, 5) is 15.2. The molecule has 1 N–H and O–H groups in total. The van der Waals surface area contributed by atoms with Gasteiger partial charge in [-0.1, -0.05) is 0 Å². The third-order valence-corrected chi connectivity index (χ3v) is 2.06. The molecule has 4 nitrogen and oxygen atoms in total. The summed E-state index contributed by atoms with van der Waals surface area (Å²) in [5.74, 6) is 0.906. The van der Waals surface area contributed by atoms with Crippen LogP contribution in [0.4, 0.5) is 5.95 Å². The second kappa shape index (κ2) is 2.62. The van der Waals surface area contributed by atoms with Gasteiger partial charge in [0.15, 0.2) is 5.78 Å². The Bertz CT molecular complexity index is 316. The highest BCUT2D eigenvalue weighted by molar-refractivity contribution is 5.92. The van der Waals surface area contributed by atoms with E-state index in [1.807, 2.05) is 4.57 Å². The molecule has 0 aliphatic carbocycles. The molecule has 1 aliphatic heterocycles. The number of anilines is 1.